The van der Waals surface area contributed by atoms with Crippen molar-refractivity contribution in [2.75, 3.05) is 0 Å². The molecule has 0 aliphatic heterocycles. The molecule has 0 saturated heterocycles. The maximum Gasteiger partial charge on any atom is 0.255 e. The van der Waals surface area contributed by atoms with E-state index in [-0.39, 0.29) is 17.4 Å². The number of benzene rings is 1. The van der Waals surface area contributed by atoms with Gasteiger partial charge >= 0.3 is 0 Å². The Hall–Kier alpha value is -2.08. The topological polar surface area (TPSA) is 82.5 Å². The van der Waals surface area contributed by atoms with Crippen LogP contribution in [0.2, 0.25) is 0 Å². The zero-order valence-corrected chi connectivity index (χ0v) is 11.4. The van der Waals surface area contributed by atoms with Crippen molar-refractivity contribution in [2.24, 2.45) is 0 Å². The summed E-state index contributed by atoms with van der Waals surface area (Å²) in [5.74, 6) is -1.18. The molecular formula is C13H14N2O3S. The molecule has 2 rings (SSSR count). The van der Waals surface area contributed by atoms with Gasteiger partial charge in [0.05, 0.1) is 11.6 Å². The molecule has 1 aromatic carbocycles. The minimum atomic E-state index is -0.450. The van der Waals surface area contributed by atoms with Gasteiger partial charge in [-0.1, -0.05) is 6.07 Å². The molecule has 1 aromatic heterocycles. The lowest BCUT2D eigenvalue weighted by atomic mass is 10.1. The first-order chi connectivity index (χ1) is 8.99. The number of rotatable bonds is 3. The van der Waals surface area contributed by atoms with Gasteiger partial charge in [0.1, 0.15) is 5.01 Å². The fourth-order valence-corrected chi connectivity index (χ4v) is 2.43. The smallest absolute Gasteiger partial charge is 0.255 e. The van der Waals surface area contributed by atoms with E-state index in [1.807, 2.05) is 19.2 Å². The highest BCUT2D eigenvalue weighted by Gasteiger charge is 2.18. The van der Waals surface area contributed by atoms with Gasteiger partial charge < -0.3 is 15.5 Å². The minimum absolute atomic E-state index is 0.0418. The molecule has 0 spiro atoms. The first-order valence-electron chi connectivity index (χ1n) is 5.73. The normalized spacial score (nSPS) is 12.1. The fourth-order valence-electron chi connectivity index (χ4n) is 1.62. The molecule has 2 aromatic rings. The summed E-state index contributed by atoms with van der Waals surface area (Å²) in [5, 5.41) is 24.4. The van der Waals surface area contributed by atoms with Crippen molar-refractivity contribution < 1.29 is 15.0 Å². The number of aromatic hydroxyl groups is 2. The van der Waals surface area contributed by atoms with E-state index in [1.54, 1.807) is 0 Å². The fraction of sp³-hybridized carbons (Fsp3) is 0.231. The Morgan fingerprint density at radius 1 is 1.42 bits per heavy atom. The Balaban J connectivity index is 2.15. The summed E-state index contributed by atoms with van der Waals surface area (Å²) in [6.45, 7) is 3.70. The highest BCUT2D eigenvalue weighted by Crippen LogP contribution is 2.28. The summed E-state index contributed by atoms with van der Waals surface area (Å²) >= 11 is 1.46. The van der Waals surface area contributed by atoms with E-state index in [4.69, 9.17) is 0 Å². The van der Waals surface area contributed by atoms with Crippen LogP contribution in [0.25, 0.3) is 0 Å². The molecule has 0 bridgehead atoms. The van der Waals surface area contributed by atoms with Crippen molar-refractivity contribution in [2.45, 2.75) is 19.9 Å². The van der Waals surface area contributed by atoms with Gasteiger partial charge in [0.2, 0.25) is 0 Å². The number of nitrogens with zero attached hydrogens (tertiary/aromatic N) is 1. The van der Waals surface area contributed by atoms with Crippen molar-refractivity contribution >= 4 is 17.2 Å². The third-order valence-corrected chi connectivity index (χ3v) is 3.76. The number of aryl methyl sites for hydroxylation is 1. The molecular weight excluding hydrogens is 264 g/mol. The molecule has 3 N–H and O–H groups in total. The van der Waals surface area contributed by atoms with Gasteiger partial charge in [0.25, 0.3) is 5.91 Å². The van der Waals surface area contributed by atoms with E-state index in [0.717, 1.165) is 10.7 Å². The zero-order valence-electron chi connectivity index (χ0n) is 10.5. The molecule has 6 heteroatoms. The van der Waals surface area contributed by atoms with E-state index in [0.29, 0.717) is 0 Å². The number of phenols is 2. The van der Waals surface area contributed by atoms with E-state index in [1.165, 1.54) is 29.5 Å². The third-order valence-electron chi connectivity index (χ3n) is 2.61. The van der Waals surface area contributed by atoms with Crippen LogP contribution in [-0.4, -0.2) is 21.1 Å². The van der Waals surface area contributed by atoms with E-state index in [2.05, 4.69) is 10.3 Å². The molecule has 1 amide bonds. The maximum atomic E-state index is 12.0. The van der Waals surface area contributed by atoms with Crippen LogP contribution in [0.3, 0.4) is 0 Å². The molecule has 1 atom stereocenters. The van der Waals surface area contributed by atoms with Crippen molar-refractivity contribution in [3.63, 3.8) is 0 Å². The Bertz CT molecular complexity index is 610. The number of carbonyl (C=O) groups is 1. The van der Waals surface area contributed by atoms with Gasteiger partial charge in [-0.05, 0) is 26.0 Å². The molecule has 0 aliphatic carbocycles. The van der Waals surface area contributed by atoms with Crippen LogP contribution in [-0.2, 0) is 0 Å². The van der Waals surface area contributed by atoms with E-state index < -0.39 is 11.7 Å². The quantitative estimate of drug-likeness (QED) is 0.753. The van der Waals surface area contributed by atoms with Crippen LogP contribution >= 0.6 is 11.3 Å². The second-order valence-corrected chi connectivity index (χ2v) is 5.09. The van der Waals surface area contributed by atoms with Gasteiger partial charge in [-0.25, -0.2) is 4.98 Å². The van der Waals surface area contributed by atoms with Crippen molar-refractivity contribution in [1.82, 2.24) is 10.3 Å². The molecule has 5 nitrogen and oxygen atoms in total. The lowest BCUT2D eigenvalue weighted by Crippen LogP contribution is -2.26. The Morgan fingerprint density at radius 3 is 2.79 bits per heavy atom. The summed E-state index contributed by atoms with van der Waals surface area (Å²) in [6, 6.07) is 4.01. The maximum absolute atomic E-state index is 12.0. The molecule has 0 radical (unpaired) electrons. The number of phenolic OH excluding ortho intramolecular Hbond substituents is 2. The molecule has 1 unspecified atom stereocenters. The SMILES string of the molecule is Cc1csc(C(C)NC(=O)c2cccc(O)c2O)n1. The van der Waals surface area contributed by atoms with Crippen LogP contribution < -0.4 is 5.32 Å². The number of thiazole rings is 1. The van der Waals surface area contributed by atoms with Crippen LogP contribution in [0.1, 0.15) is 34.0 Å². The minimum Gasteiger partial charge on any atom is -0.504 e. The van der Waals surface area contributed by atoms with Gasteiger partial charge in [-0.15, -0.1) is 11.3 Å². The average Bonchev–Trinajstić information content (AvgIpc) is 2.79. The molecule has 0 fully saturated rings. The Kier molecular flexibility index (Phi) is 3.71. The average molecular weight is 278 g/mol. The molecule has 0 aliphatic rings. The number of aromatic nitrogens is 1. The van der Waals surface area contributed by atoms with Gasteiger partial charge in [-0.2, -0.15) is 0 Å². The van der Waals surface area contributed by atoms with E-state index in [9.17, 15) is 15.0 Å². The van der Waals surface area contributed by atoms with Crippen LogP contribution in [0.5, 0.6) is 11.5 Å². The number of carbonyl (C=O) groups excluding carboxylic acids is 1. The van der Waals surface area contributed by atoms with Crippen LogP contribution in [0.15, 0.2) is 23.6 Å². The first-order valence-corrected chi connectivity index (χ1v) is 6.61. The number of para-hydroxylation sites is 1. The lowest BCUT2D eigenvalue weighted by Gasteiger charge is -2.12. The zero-order chi connectivity index (χ0) is 14.0. The summed E-state index contributed by atoms with van der Waals surface area (Å²) in [6.07, 6.45) is 0. The van der Waals surface area contributed by atoms with Crippen molar-refractivity contribution in [3.05, 3.63) is 39.8 Å². The number of nitrogens with one attached hydrogen (secondary N) is 1. The Labute approximate surface area is 114 Å². The second kappa shape index (κ2) is 5.27. The van der Waals surface area contributed by atoms with Crippen molar-refractivity contribution in [1.29, 1.82) is 0 Å². The van der Waals surface area contributed by atoms with E-state index >= 15 is 0 Å². The highest BCUT2D eigenvalue weighted by atomic mass is 32.1. The Morgan fingerprint density at radius 2 is 2.16 bits per heavy atom. The summed E-state index contributed by atoms with van der Waals surface area (Å²) in [5.41, 5.74) is 0.946. The largest absolute Gasteiger partial charge is 0.504 e. The monoisotopic (exact) mass is 278 g/mol. The predicted molar refractivity (Wildman–Crippen MR) is 72.5 cm³/mol. The molecule has 1 heterocycles. The second-order valence-electron chi connectivity index (χ2n) is 4.20. The number of amides is 1. The predicted octanol–water partition coefficient (Wildman–Crippen LogP) is 2.35. The molecule has 0 saturated carbocycles. The van der Waals surface area contributed by atoms with Crippen LogP contribution in [0, 0.1) is 6.92 Å². The van der Waals surface area contributed by atoms with Gasteiger partial charge in [0.15, 0.2) is 11.5 Å². The number of hydrogen-bond acceptors (Lipinski definition) is 5. The highest BCUT2D eigenvalue weighted by molar-refractivity contribution is 7.09. The summed E-state index contributed by atoms with van der Waals surface area (Å²) in [7, 11) is 0. The van der Waals surface area contributed by atoms with Gasteiger partial charge in [0, 0.05) is 11.1 Å². The molecule has 19 heavy (non-hydrogen) atoms. The summed E-state index contributed by atoms with van der Waals surface area (Å²) < 4.78 is 0. The van der Waals surface area contributed by atoms with Gasteiger partial charge in [-0.3, -0.25) is 4.79 Å². The first kappa shape index (κ1) is 13.4. The van der Waals surface area contributed by atoms with Crippen LogP contribution in [0.4, 0.5) is 0 Å². The standard InChI is InChI=1S/C13H14N2O3S/c1-7-6-19-13(14-7)8(2)15-12(18)9-4-3-5-10(16)11(9)17/h3-6,8,16-17H,1-2H3,(H,15,18). The summed E-state index contributed by atoms with van der Waals surface area (Å²) in [4.78, 5) is 16.3. The third kappa shape index (κ3) is 2.85. The lowest BCUT2D eigenvalue weighted by molar-refractivity contribution is 0.0936. The molecule has 100 valence electrons. The number of hydrogen-bond donors (Lipinski definition) is 3. The van der Waals surface area contributed by atoms with Crippen molar-refractivity contribution in [3.8, 4) is 11.5 Å².